The monoisotopic (exact) mass is 330 g/mol. The number of aliphatic carboxylic acids is 1. The molecule has 7 heteroatoms. The van der Waals surface area contributed by atoms with E-state index in [0.29, 0.717) is 22.3 Å². The van der Waals surface area contributed by atoms with E-state index >= 15 is 0 Å². The van der Waals surface area contributed by atoms with E-state index in [9.17, 15) is 9.59 Å². The van der Waals surface area contributed by atoms with Crippen LogP contribution in [0.3, 0.4) is 0 Å². The van der Waals surface area contributed by atoms with Gasteiger partial charge in [0.25, 0.3) is 0 Å². The van der Waals surface area contributed by atoms with Gasteiger partial charge in [-0.25, -0.2) is 0 Å². The van der Waals surface area contributed by atoms with E-state index in [4.69, 9.17) is 28.3 Å². The molecule has 2 rings (SSSR count). The van der Waals surface area contributed by atoms with Crippen molar-refractivity contribution in [2.45, 2.75) is 25.3 Å². The first-order valence-electron chi connectivity index (χ1n) is 6.67. The third kappa shape index (κ3) is 4.88. The Bertz CT molecular complexity index is 527. The van der Waals surface area contributed by atoms with Crippen molar-refractivity contribution in [2.24, 2.45) is 0 Å². The van der Waals surface area contributed by atoms with Crippen molar-refractivity contribution in [2.75, 3.05) is 18.4 Å². The maximum Gasteiger partial charge on any atom is 0.317 e. The van der Waals surface area contributed by atoms with Crippen LogP contribution in [-0.4, -0.2) is 41.0 Å². The predicted octanol–water partition coefficient (Wildman–Crippen LogP) is 2.87. The standard InChI is InChI=1S/C14H16Cl2N2O3/c15-10-2-1-3-11(16)14(10)17-12(19)6-7-18(8-13(20)21)9-4-5-9/h1-3,9H,4-8H2,(H,17,19)(H,20,21). The molecule has 1 aromatic rings. The molecule has 2 N–H and O–H groups in total. The maximum absolute atomic E-state index is 11.9. The number of nitrogens with zero attached hydrogens (tertiary/aromatic N) is 1. The highest BCUT2D eigenvalue weighted by atomic mass is 35.5. The predicted molar refractivity (Wildman–Crippen MR) is 81.9 cm³/mol. The van der Waals surface area contributed by atoms with Crippen LogP contribution < -0.4 is 5.32 Å². The third-order valence-electron chi connectivity index (χ3n) is 3.25. The lowest BCUT2D eigenvalue weighted by atomic mass is 10.3. The van der Waals surface area contributed by atoms with E-state index < -0.39 is 5.97 Å². The van der Waals surface area contributed by atoms with Gasteiger partial charge in [-0.3, -0.25) is 14.5 Å². The molecular formula is C14H16Cl2N2O3. The van der Waals surface area contributed by atoms with Crippen molar-refractivity contribution in [1.82, 2.24) is 4.90 Å². The van der Waals surface area contributed by atoms with Crippen LogP contribution in [0.2, 0.25) is 10.0 Å². The van der Waals surface area contributed by atoms with Gasteiger partial charge < -0.3 is 10.4 Å². The number of nitrogens with one attached hydrogen (secondary N) is 1. The Morgan fingerprint density at radius 3 is 2.43 bits per heavy atom. The number of benzene rings is 1. The molecule has 0 atom stereocenters. The molecular weight excluding hydrogens is 315 g/mol. The molecule has 0 saturated heterocycles. The van der Waals surface area contributed by atoms with Crippen LogP contribution in [0.5, 0.6) is 0 Å². The van der Waals surface area contributed by atoms with Crippen LogP contribution in [0.1, 0.15) is 19.3 Å². The molecule has 1 saturated carbocycles. The number of para-hydroxylation sites is 1. The molecule has 0 spiro atoms. The highest BCUT2D eigenvalue weighted by Crippen LogP contribution is 2.30. The fraction of sp³-hybridized carbons (Fsp3) is 0.429. The normalized spacial score (nSPS) is 14.2. The van der Waals surface area contributed by atoms with Gasteiger partial charge in [0.2, 0.25) is 5.91 Å². The van der Waals surface area contributed by atoms with E-state index in [2.05, 4.69) is 5.32 Å². The third-order valence-corrected chi connectivity index (χ3v) is 3.88. The summed E-state index contributed by atoms with van der Waals surface area (Å²) in [4.78, 5) is 24.6. The molecule has 0 bridgehead atoms. The maximum atomic E-state index is 11.9. The average Bonchev–Trinajstić information content (AvgIpc) is 3.23. The molecule has 1 aromatic carbocycles. The lowest BCUT2D eigenvalue weighted by Crippen LogP contribution is -2.34. The first-order chi connectivity index (χ1) is 9.97. The molecule has 0 heterocycles. The Balaban J connectivity index is 1.88. The van der Waals surface area contributed by atoms with E-state index in [1.807, 2.05) is 4.90 Å². The number of hydrogen-bond acceptors (Lipinski definition) is 3. The molecule has 0 aliphatic heterocycles. The van der Waals surface area contributed by atoms with Crippen molar-refractivity contribution in [3.8, 4) is 0 Å². The topological polar surface area (TPSA) is 69.6 Å². The first kappa shape index (κ1) is 16.1. The molecule has 0 unspecified atom stereocenters. The molecule has 5 nitrogen and oxygen atoms in total. The molecule has 114 valence electrons. The first-order valence-corrected chi connectivity index (χ1v) is 7.42. The largest absolute Gasteiger partial charge is 0.480 e. The zero-order valence-electron chi connectivity index (χ0n) is 11.3. The Hall–Kier alpha value is -1.30. The van der Waals surface area contributed by atoms with E-state index in [0.717, 1.165) is 12.8 Å². The summed E-state index contributed by atoms with van der Waals surface area (Å²) in [6.45, 7) is 0.371. The number of rotatable bonds is 7. The minimum absolute atomic E-state index is 0.0369. The summed E-state index contributed by atoms with van der Waals surface area (Å²) in [6.07, 6.45) is 2.18. The van der Waals surface area contributed by atoms with Gasteiger partial charge >= 0.3 is 5.97 Å². The Morgan fingerprint density at radius 1 is 1.29 bits per heavy atom. The van der Waals surface area contributed by atoms with Gasteiger partial charge in [-0.2, -0.15) is 0 Å². The van der Waals surface area contributed by atoms with E-state index in [1.54, 1.807) is 18.2 Å². The molecule has 1 fully saturated rings. The Kier molecular flexibility index (Phi) is 5.45. The quantitative estimate of drug-likeness (QED) is 0.806. The van der Waals surface area contributed by atoms with Gasteiger partial charge in [-0.05, 0) is 25.0 Å². The number of anilines is 1. The van der Waals surface area contributed by atoms with Crippen molar-refractivity contribution in [3.05, 3.63) is 28.2 Å². The number of amides is 1. The Morgan fingerprint density at radius 2 is 1.90 bits per heavy atom. The number of halogens is 2. The lowest BCUT2D eigenvalue weighted by Gasteiger charge is -2.19. The number of hydrogen-bond donors (Lipinski definition) is 2. The number of carbonyl (C=O) groups is 2. The molecule has 0 aromatic heterocycles. The molecule has 1 aliphatic rings. The second-order valence-electron chi connectivity index (χ2n) is 4.99. The van der Waals surface area contributed by atoms with Crippen LogP contribution in [0, 0.1) is 0 Å². The van der Waals surface area contributed by atoms with Crippen LogP contribution >= 0.6 is 23.2 Å². The van der Waals surface area contributed by atoms with Gasteiger partial charge in [0.15, 0.2) is 0 Å². The minimum Gasteiger partial charge on any atom is -0.480 e. The van der Waals surface area contributed by atoms with Gasteiger partial charge in [0.05, 0.1) is 22.3 Å². The van der Waals surface area contributed by atoms with Crippen LogP contribution in [0.15, 0.2) is 18.2 Å². The van der Waals surface area contributed by atoms with Gasteiger partial charge in [0.1, 0.15) is 0 Å². The van der Waals surface area contributed by atoms with Crippen molar-refractivity contribution < 1.29 is 14.7 Å². The smallest absolute Gasteiger partial charge is 0.317 e. The van der Waals surface area contributed by atoms with Crippen LogP contribution in [0.4, 0.5) is 5.69 Å². The Labute approximate surface area is 132 Å². The second-order valence-corrected chi connectivity index (χ2v) is 5.80. The zero-order chi connectivity index (χ0) is 15.4. The molecule has 1 amide bonds. The second kappa shape index (κ2) is 7.11. The zero-order valence-corrected chi connectivity index (χ0v) is 12.8. The van der Waals surface area contributed by atoms with Crippen molar-refractivity contribution in [1.29, 1.82) is 0 Å². The van der Waals surface area contributed by atoms with E-state index in [-0.39, 0.29) is 24.9 Å². The molecule has 21 heavy (non-hydrogen) atoms. The fourth-order valence-corrected chi connectivity index (χ4v) is 2.56. The number of carbonyl (C=O) groups excluding carboxylic acids is 1. The number of carboxylic acids is 1. The minimum atomic E-state index is -0.878. The average molecular weight is 331 g/mol. The van der Waals surface area contributed by atoms with Gasteiger partial charge in [-0.1, -0.05) is 29.3 Å². The summed E-state index contributed by atoms with van der Waals surface area (Å²) < 4.78 is 0. The van der Waals surface area contributed by atoms with Crippen molar-refractivity contribution >= 4 is 40.8 Å². The van der Waals surface area contributed by atoms with E-state index in [1.165, 1.54) is 0 Å². The summed E-state index contributed by atoms with van der Waals surface area (Å²) in [6, 6.07) is 5.27. The molecule has 0 radical (unpaired) electrons. The number of carboxylic acid groups (broad SMARTS) is 1. The van der Waals surface area contributed by atoms with Gasteiger partial charge in [0, 0.05) is 19.0 Å². The molecule has 1 aliphatic carbocycles. The van der Waals surface area contributed by atoms with Crippen molar-refractivity contribution in [3.63, 3.8) is 0 Å². The van der Waals surface area contributed by atoms with Crippen LogP contribution in [-0.2, 0) is 9.59 Å². The fourth-order valence-electron chi connectivity index (χ4n) is 2.07. The van der Waals surface area contributed by atoms with Crippen LogP contribution in [0.25, 0.3) is 0 Å². The SMILES string of the molecule is O=C(O)CN(CCC(=O)Nc1c(Cl)cccc1Cl)C1CC1. The summed E-state index contributed by atoms with van der Waals surface area (Å²) >= 11 is 12.0. The summed E-state index contributed by atoms with van der Waals surface area (Å²) in [5.74, 6) is -1.11. The summed E-state index contributed by atoms with van der Waals surface area (Å²) in [5.41, 5.74) is 0.391. The highest BCUT2D eigenvalue weighted by Gasteiger charge is 2.30. The lowest BCUT2D eigenvalue weighted by molar-refractivity contribution is -0.138. The summed E-state index contributed by atoms with van der Waals surface area (Å²) in [7, 11) is 0. The summed E-state index contributed by atoms with van der Waals surface area (Å²) in [5, 5.41) is 12.3. The van der Waals surface area contributed by atoms with Gasteiger partial charge in [-0.15, -0.1) is 0 Å². The highest BCUT2D eigenvalue weighted by molar-refractivity contribution is 6.39.